The molecule has 1 aromatic carbocycles. The quantitative estimate of drug-likeness (QED) is 0.495. The van der Waals surface area contributed by atoms with Crippen LogP contribution in [0.2, 0.25) is 0 Å². The summed E-state index contributed by atoms with van der Waals surface area (Å²) in [6.45, 7) is 7.24. The third-order valence-electron chi connectivity index (χ3n) is 2.84. The first-order valence-corrected chi connectivity index (χ1v) is 7.96. The molecule has 0 spiro atoms. The lowest BCUT2D eigenvalue weighted by molar-refractivity contribution is 0.191. The normalized spacial score (nSPS) is 11.2. The van der Waals surface area contributed by atoms with E-state index in [2.05, 4.69) is 26.6 Å². The average molecular weight is 434 g/mol. The largest absolute Gasteiger partial charge is 0.493 e. The second kappa shape index (κ2) is 14.1. The van der Waals surface area contributed by atoms with Gasteiger partial charge in [0.15, 0.2) is 11.5 Å². The molecule has 0 amide bonds. The number of rotatable bonds is 10. The van der Waals surface area contributed by atoms with Gasteiger partial charge in [-0.1, -0.05) is 15.9 Å². The number of aliphatic hydroxyl groups is 1. The van der Waals surface area contributed by atoms with Gasteiger partial charge in [0, 0.05) is 36.2 Å². The van der Waals surface area contributed by atoms with Crippen molar-refractivity contribution in [3.63, 3.8) is 0 Å². The van der Waals surface area contributed by atoms with Crippen molar-refractivity contribution in [2.24, 2.45) is 0 Å². The van der Waals surface area contributed by atoms with E-state index in [9.17, 15) is 0 Å². The van der Waals surface area contributed by atoms with Gasteiger partial charge in [0.05, 0.1) is 19.8 Å². The molecule has 1 atom stereocenters. The van der Waals surface area contributed by atoms with Crippen molar-refractivity contribution < 1.29 is 14.6 Å². The Morgan fingerprint density at radius 1 is 1.22 bits per heavy atom. The van der Waals surface area contributed by atoms with Crippen LogP contribution >= 0.6 is 40.7 Å². The van der Waals surface area contributed by atoms with Gasteiger partial charge >= 0.3 is 0 Å². The van der Waals surface area contributed by atoms with Crippen LogP contribution in [-0.4, -0.2) is 44.6 Å². The van der Waals surface area contributed by atoms with Crippen LogP contribution in [-0.2, 0) is 6.54 Å². The molecule has 1 rings (SSSR count). The van der Waals surface area contributed by atoms with Crippen molar-refractivity contribution in [3.8, 4) is 11.5 Å². The zero-order valence-electron chi connectivity index (χ0n) is 13.7. The fourth-order valence-corrected chi connectivity index (χ4v) is 2.41. The van der Waals surface area contributed by atoms with Crippen LogP contribution < -0.4 is 20.1 Å². The maximum absolute atomic E-state index is 9.15. The van der Waals surface area contributed by atoms with Gasteiger partial charge in [-0.25, -0.2) is 0 Å². The van der Waals surface area contributed by atoms with Crippen LogP contribution in [0, 0.1) is 0 Å². The summed E-state index contributed by atoms with van der Waals surface area (Å²) in [7, 11) is 1.64. The van der Waals surface area contributed by atoms with Gasteiger partial charge in [0.1, 0.15) is 0 Å². The summed E-state index contributed by atoms with van der Waals surface area (Å²) in [4.78, 5) is 0. The fourth-order valence-electron chi connectivity index (χ4n) is 1.92. The van der Waals surface area contributed by atoms with E-state index in [0.717, 1.165) is 34.6 Å². The molecule has 0 aliphatic carbocycles. The van der Waals surface area contributed by atoms with Crippen LogP contribution in [0.3, 0.4) is 0 Å². The summed E-state index contributed by atoms with van der Waals surface area (Å²) >= 11 is 3.49. The molecule has 0 radical (unpaired) electrons. The zero-order valence-corrected chi connectivity index (χ0v) is 16.9. The van der Waals surface area contributed by atoms with Gasteiger partial charge in [-0.2, -0.15) is 0 Å². The van der Waals surface area contributed by atoms with Crippen LogP contribution in [0.15, 0.2) is 16.6 Å². The molecule has 0 heterocycles. The molecule has 0 aromatic heterocycles. The first kappa shape index (κ1) is 25.0. The third-order valence-corrected chi connectivity index (χ3v) is 3.30. The summed E-state index contributed by atoms with van der Waals surface area (Å²) in [5.41, 5.74) is 1.05. The lowest BCUT2D eigenvalue weighted by Crippen LogP contribution is -2.31. The molecule has 1 aromatic rings. The molecule has 3 N–H and O–H groups in total. The topological polar surface area (TPSA) is 62.8 Å². The van der Waals surface area contributed by atoms with Crippen LogP contribution in [0.4, 0.5) is 0 Å². The molecule has 1 unspecified atom stereocenters. The number of nitrogens with one attached hydrogen (secondary N) is 2. The second-order valence-corrected chi connectivity index (χ2v) is 5.67. The number of hydrogen-bond donors (Lipinski definition) is 3. The lowest BCUT2D eigenvalue weighted by Gasteiger charge is -2.15. The van der Waals surface area contributed by atoms with E-state index in [4.69, 9.17) is 14.6 Å². The number of aliphatic hydroxyl groups excluding tert-OH is 1. The van der Waals surface area contributed by atoms with Crippen LogP contribution in [0.5, 0.6) is 11.5 Å². The number of halogens is 3. The summed E-state index contributed by atoms with van der Waals surface area (Å²) in [6.07, 6.45) is -0.316. The highest BCUT2D eigenvalue weighted by Crippen LogP contribution is 2.34. The number of methoxy groups -OCH3 is 1. The average Bonchev–Trinajstić information content (AvgIpc) is 2.44. The maximum Gasteiger partial charge on any atom is 0.165 e. The van der Waals surface area contributed by atoms with Gasteiger partial charge in [-0.15, -0.1) is 24.8 Å². The molecule has 0 aliphatic heterocycles. The van der Waals surface area contributed by atoms with E-state index in [0.29, 0.717) is 19.7 Å². The SMILES string of the molecule is CCOc1c(CNCCNCC(C)O)cc(Br)cc1OC.Cl.Cl. The highest BCUT2D eigenvalue weighted by atomic mass is 79.9. The minimum Gasteiger partial charge on any atom is -0.493 e. The Kier molecular flexibility index (Phi) is 15.4. The molecule has 0 aliphatic rings. The van der Waals surface area contributed by atoms with Gasteiger partial charge < -0.3 is 25.2 Å². The predicted molar refractivity (Wildman–Crippen MR) is 103 cm³/mol. The Morgan fingerprint density at radius 3 is 2.43 bits per heavy atom. The molecule has 0 bridgehead atoms. The molecule has 23 heavy (non-hydrogen) atoms. The highest BCUT2D eigenvalue weighted by Gasteiger charge is 2.12. The van der Waals surface area contributed by atoms with E-state index < -0.39 is 0 Å². The zero-order chi connectivity index (χ0) is 15.7. The number of benzene rings is 1. The van der Waals surface area contributed by atoms with Gasteiger partial charge in [0.25, 0.3) is 0 Å². The molecule has 136 valence electrons. The van der Waals surface area contributed by atoms with Crippen molar-refractivity contribution in [2.75, 3.05) is 33.4 Å². The molecular weight excluding hydrogens is 407 g/mol. The number of hydrogen-bond acceptors (Lipinski definition) is 5. The lowest BCUT2D eigenvalue weighted by atomic mass is 10.2. The summed E-state index contributed by atoms with van der Waals surface area (Å²) in [5.74, 6) is 1.52. The second-order valence-electron chi connectivity index (χ2n) is 4.76. The van der Waals surface area contributed by atoms with E-state index in [-0.39, 0.29) is 30.9 Å². The van der Waals surface area contributed by atoms with Gasteiger partial charge in [-0.3, -0.25) is 0 Å². The Bertz CT molecular complexity index is 437. The Hall–Kier alpha value is -0.240. The third kappa shape index (κ3) is 9.59. The molecule has 8 heteroatoms. The Labute approximate surface area is 159 Å². The molecule has 5 nitrogen and oxygen atoms in total. The molecular formula is C15H27BrCl2N2O3. The van der Waals surface area contributed by atoms with Crippen LogP contribution in [0.25, 0.3) is 0 Å². The van der Waals surface area contributed by atoms with Crippen molar-refractivity contribution in [1.82, 2.24) is 10.6 Å². The summed E-state index contributed by atoms with van der Waals surface area (Å²) in [6, 6.07) is 3.93. The first-order valence-electron chi connectivity index (χ1n) is 7.17. The van der Waals surface area contributed by atoms with E-state index >= 15 is 0 Å². The molecule has 0 fully saturated rings. The molecule has 0 saturated carbocycles. The minimum absolute atomic E-state index is 0. The van der Waals surface area contributed by atoms with E-state index in [1.54, 1.807) is 14.0 Å². The van der Waals surface area contributed by atoms with E-state index in [1.165, 1.54) is 0 Å². The first-order chi connectivity index (χ1) is 10.1. The summed E-state index contributed by atoms with van der Waals surface area (Å²) < 4.78 is 12.0. The predicted octanol–water partition coefficient (Wildman–Crippen LogP) is 2.76. The van der Waals surface area contributed by atoms with Crippen LogP contribution in [0.1, 0.15) is 19.4 Å². The van der Waals surface area contributed by atoms with Crippen molar-refractivity contribution in [1.29, 1.82) is 0 Å². The highest BCUT2D eigenvalue weighted by molar-refractivity contribution is 9.10. The standard InChI is InChI=1S/C15H25BrN2O3.2ClH/c1-4-21-15-12(7-13(16)8-14(15)20-3)10-18-6-5-17-9-11(2)19;;/h7-8,11,17-19H,4-6,9-10H2,1-3H3;2*1H. The van der Waals surface area contributed by atoms with E-state index in [1.807, 2.05) is 19.1 Å². The van der Waals surface area contributed by atoms with Crippen molar-refractivity contribution >= 4 is 40.7 Å². The Balaban J connectivity index is 0. The van der Waals surface area contributed by atoms with Gasteiger partial charge in [-0.05, 0) is 26.0 Å². The summed E-state index contributed by atoms with van der Waals surface area (Å²) in [5, 5.41) is 15.7. The smallest absolute Gasteiger partial charge is 0.165 e. The molecule has 0 saturated heterocycles. The minimum atomic E-state index is -0.316. The number of ether oxygens (including phenoxy) is 2. The fraction of sp³-hybridized carbons (Fsp3) is 0.600. The maximum atomic E-state index is 9.15. The van der Waals surface area contributed by atoms with Crippen molar-refractivity contribution in [3.05, 3.63) is 22.2 Å². The monoisotopic (exact) mass is 432 g/mol. The van der Waals surface area contributed by atoms with Crippen molar-refractivity contribution in [2.45, 2.75) is 26.5 Å². The van der Waals surface area contributed by atoms with Gasteiger partial charge in [0.2, 0.25) is 0 Å². The Morgan fingerprint density at radius 2 is 1.87 bits per heavy atom.